The molecule has 0 bridgehead atoms. The molecular formula is C20H19ClN2O4S. The van der Waals surface area contributed by atoms with Crippen LogP contribution in [-0.4, -0.2) is 36.8 Å². The average Bonchev–Trinajstić information content (AvgIpc) is 3.02. The van der Waals surface area contributed by atoms with Crippen LogP contribution in [0.1, 0.15) is 27.6 Å². The third-order valence-corrected chi connectivity index (χ3v) is 5.39. The average molecular weight is 419 g/mol. The molecular weight excluding hydrogens is 400 g/mol. The Hall–Kier alpha value is -2.48. The maximum absolute atomic E-state index is 12.6. The summed E-state index contributed by atoms with van der Waals surface area (Å²) in [6.45, 7) is 3.04. The van der Waals surface area contributed by atoms with Gasteiger partial charge in [-0.15, -0.1) is 0 Å². The highest BCUT2D eigenvalue weighted by molar-refractivity contribution is 7.16. The molecule has 0 radical (unpaired) electrons. The lowest BCUT2D eigenvalue weighted by molar-refractivity contribution is 0.0526. The van der Waals surface area contributed by atoms with E-state index in [1.165, 1.54) is 11.3 Å². The van der Waals surface area contributed by atoms with Crippen molar-refractivity contribution >= 4 is 45.0 Å². The molecule has 3 aromatic rings. The second kappa shape index (κ2) is 9.14. The van der Waals surface area contributed by atoms with Gasteiger partial charge in [0, 0.05) is 13.7 Å². The number of carbonyl (C=O) groups excluding carboxylic acids is 2. The van der Waals surface area contributed by atoms with Gasteiger partial charge >= 0.3 is 5.97 Å². The van der Waals surface area contributed by atoms with Gasteiger partial charge in [-0.3, -0.25) is 4.79 Å². The maximum atomic E-state index is 12.6. The number of amides is 1. The summed E-state index contributed by atoms with van der Waals surface area (Å²) in [5.41, 5.74) is 1.66. The number of thiazole rings is 1. The first-order valence-electron chi connectivity index (χ1n) is 8.68. The molecule has 6 nitrogen and oxygen atoms in total. The zero-order chi connectivity index (χ0) is 20.1. The van der Waals surface area contributed by atoms with Crippen molar-refractivity contribution in [1.29, 1.82) is 0 Å². The molecule has 0 spiro atoms. The minimum Gasteiger partial charge on any atom is -0.462 e. The Morgan fingerprint density at radius 1 is 1.21 bits per heavy atom. The van der Waals surface area contributed by atoms with E-state index in [4.69, 9.17) is 21.1 Å². The first kappa shape index (κ1) is 20.3. The molecule has 2 aromatic carbocycles. The van der Waals surface area contributed by atoms with Crippen molar-refractivity contribution in [2.45, 2.75) is 13.5 Å². The van der Waals surface area contributed by atoms with E-state index in [0.29, 0.717) is 40.7 Å². The van der Waals surface area contributed by atoms with Crippen molar-refractivity contribution < 1.29 is 19.1 Å². The fourth-order valence-corrected chi connectivity index (χ4v) is 3.99. The molecule has 0 aliphatic carbocycles. The summed E-state index contributed by atoms with van der Waals surface area (Å²) in [6.07, 6.45) is 0. The number of benzene rings is 2. The van der Waals surface area contributed by atoms with Crippen LogP contribution in [0.2, 0.25) is 5.02 Å². The monoisotopic (exact) mass is 418 g/mol. The first-order valence-corrected chi connectivity index (χ1v) is 9.87. The lowest BCUT2D eigenvalue weighted by Gasteiger charge is -2.05. The van der Waals surface area contributed by atoms with Crippen LogP contribution in [0, 0.1) is 0 Å². The molecule has 0 N–H and O–H groups in total. The predicted molar refractivity (Wildman–Crippen MR) is 109 cm³/mol. The van der Waals surface area contributed by atoms with E-state index >= 15 is 0 Å². The van der Waals surface area contributed by atoms with E-state index in [1.807, 2.05) is 10.6 Å². The van der Waals surface area contributed by atoms with E-state index in [0.717, 1.165) is 10.2 Å². The molecule has 0 aliphatic rings. The van der Waals surface area contributed by atoms with Crippen LogP contribution in [0.5, 0.6) is 0 Å². The number of carbonyl (C=O) groups is 2. The molecule has 3 rings (SSSR count). The molecule has 1 heterocycles. The number of ether oxygens (including phenoxy) is 2. The van der Waals surface area contributed by atoms with Gasteiger partial charge in [0.15, 0.2) is 4.80 Å². The van der Waals surface area contributed by atoms with Crippen molar-refractivity contribution in [3.05, 3.63) is 63.4 Å². The maximum Gasteiger partial charge on any atom is 0.338 e. The highest BCUT2D eigenvalue weighted by Gasteiger charge is 2.14. The number of hydrogen-bond acceptors (Lipinski definition) is 5. The number of rotatable bonds is 6. The van der Waals surface area contributed by atoms with Gasteiger partial charge in [-0.2, -0.15) is 4.99 Å². The Morgan fingerprint density at radius 3 is 2.71 bits per heavy atom. The minimum atomic E-state index is -0.422. The van der Waals surface area contributed by atoms with Crippen LogP contribution < -0.4 is 4.80 Å². The smallest absolute Gasteiger partial charge is 0.338 e. The fraction of sp³-hybridized carbons (Fsp3) is 0.250. The molecule has 0 fully saturated rings. The van der Waals surface area contributed by atoms with Crippen molar-refractivity contribution in [3.63, 3.8) is 0 Å². The van der Waals surface area contributed by atoms with E-state index < -0.39 is 5.91 Å². The van der Waals surface area contributed by atoms with E-state index in [2.05, 4.69) is 4.99 Å². The molecule has 0 unspecified atom stereocenters. The molecule has 1 amide bonds. The topological polar surface area (TPSA) is 69.9 Å². The Labute approximate surface area is 171 Å². The summed E-state index contributed by atoms with van der Waals surface area (Å²) in [5.74, 6) is -0.805. The number of halogens is 1. The van der Waals surface area contributed by atoms with Crippen molar-refractivity contribution in [3.8, 4) is 0 Å². The zero-order valence-electron chi connectivity index (χ0n) is 15.5. The predicted octanol–water partition coefficient (Wildman–Crippen LogP) is 3.92. The van der Waals surface area contributed by atoms with Gasteiger partial charge in [0.1, 0.15) is 0 Å². The number of hydrogen-bond donors (Lipinski definition) is 0. The molecule has 0 aliphatic heterocycles. The second-order valence-corrected chi connectivity index (χ2v) is 7.25. The van der Waals surface area contributed by atoms with Crippen LogP contribution in [0.25, 0.3) is 10.2 Å². The molecule has 28 heavy (non-hydrogen) atoms. The number of fused-ring (bicyclic) bond motifs is 1. The van der Waals surface area contributed by atoms with Crippen LogP contribution in [-0.2, 0) is 16.0 Å². The molecule has 146 valence electrons. The van der Waals surface area contributed by atoms with Crippen LogP contribution in [0.15, 0.2) is 47.5 Å². The van der Waals surface area contributed by atoms with Gasteiger partial charge in [-0.1, -0.05) is 35.1 Å². The Bertz CT molecular complexity index is 1090. The third-order valence-electron chi connectivity index (χ3n) is 4.01. The molecule has 8 heteroatoms. The standard InChI is InChI=1S/C20H19ClN2O4S/c1-3-27-19(25)13-8-9-16-17(12-13)28-20(23(16)10-11-26-2)22-18(24)14-6-4-5-7-15(14)21/h4-9,12H,3,10-11H2,1-2H3. The molecule has 0 saturated carbocycles. The summed E-state index contributed by atoms with van der Waals surface area (Å²) in [7, 11) is 1.61. The van der Waals surface area contributed by atoms with Gasteiger partial charge in [-0.25, -0.2) is 4.79 Å². The Morgan fingerprint density at radius 2 is 2.00 bits per heavy atom. The lowest BCUT2D eigenvalue weighted by atomic mass is 10.2. The van der Waals surface area contributed by atoms with Crippen molar-refractivity contribution in [2.75, 3.05) is 20.3 Å². The molecule has 0 atom stereocenters. The van der Waals surface area contributed by atoms with Gasteiger partial charge in [0.25, 0.3) is 5.91 Å². The minimum absolute atomic E-state index is 0.308. The molecule has 1 aromatic heterocycles. The van der Waals surface area contributed by atoms with Gasteiger partial charge < -0.3 is 14.0 Å². The Kier molecular flexibility index (Phi) is 6.61. The van der Waals surface area contributed by atoms with Crippen LogP contribution in [0.3, 0.4) is 0 Å². The summed E-state index contributed by atoms with van der Waals surface area (Å²) in [6, 6.07) is 12.1. The van der Waals surface area contributed by atoms with Gasteiger partial charge in [0.2, 0.25) is 0 Å². The number of esters is 1. The summed E-state index contributed by atoms with van der Waals surface area (Å²) in [4.78, 5) is 29.4. The number of nitrogens with zero attached hydrogens (tertiary/aromatic N) is 2. The van der Waals surface area contributed by atoms with Gasteiger partial charge in [-0.05, 0) is 37.3 Å². The summed E-state index contributed by atoms with van der Waals surface area (Å²) in [5, 5.41) is 0.352. The van der Waals surface area contributed by atoms with Crippen LogP contribution in [0.4, 0.5) is 0 Å². The SMILES string of the molecule is CCOC(=O)c1ccc2c(c1)sc(=NC(=O)c1ccccc1Cl)n2CCOC. The highest BCUT2D eigenvalue weighted by atomic mass is 35.5. The van der Waals surface area contributed by atoms with Crippen LogP contribution >= 0.6 is 22.9 Å². The van der Waals surface area contributed by atoms with E-state index in [-0.39, 0.29) is 5.97 Å². The number of aromatic nitrogens is 1. The summed E-state index contributed by atoms with van der Waals surface area (Å²) >= 11 is 7.44. The van der Waals surface area contributed by atoms with Crippen molar-refractivity contribution in [1.82, 2.24) is 4.57 Å². The second-order valence-electron chi connectivity index (χ2n) is 5.83. The normalized spacial score (nSPS) is 11.8. The fourth-order valence-electron chi connectivity index (χ4n) is 2.68. The number of methoxy groups -OCH3 is 1. The first-order chi connectivity index (χ1) is 13.5. The third kappa shape index (κ3) is 4.32. The van der Waals surface area contributed by atoms with Crippen molar-refractivity contribution in [2.24, 2.45) is 4.99 Å². The van der Waals surface area contributed by atoms with Gasteiger partial charge in [0.05, 0.1) is 39.6 Å². The summed E-state index contributed by atoms with van der Waals surface area (Å²) < 4.78 is 13.0. The lowest BCUT2D eigenvalue weighted by Crippen LogP contribution is -2.19. The molecule has 0 saturated heterocycles. The largest absolute Gasteiger partial charge is 0.462 e. The Balaban J connectivity index is 2.10. The van der Waals surface area contributed by atoms with E-state index in [1.54, 1.807) is 50.4 Å². The quantitative estimate of drug-likeness (QED) is 0.569. The highest BCUT2D eigenvalue weighted by Crippen LogP contribution is 2.21. The van der Waals surface area contributed by atoms with E-state index in [9.17, 15) is 9.59 Å². The zero-order valence-corrected chi connectivity index (χ0v) is 17.0.